The van der Waals surface area contributed by atoms with Crippen LogP contribution in [0.4, 0.5) is 0 Å². The van der Waals surface area contributed by atoms with Crippen LogP contribution in [0, 0.1) is 6.92 Å². The van der Waals surface area contributed by atoms with Crippen molar-refractivity contribution < 1.29 is 13.9 Å². The van der Waals surface area contributed by atoms with Crippen LogP contribution in [-0.4, -0.2) is 11.0 Å². The summed E-state index contributed by atoms with van der Waals surface area (Å²) in [6.45, 7) is 3.45. The molecular weight excluding hydrogens is 218 g/mol. The van der Waals surface area contributed by atoms with Gasteiger partial charge in [-0.05, 0) is 19.1 Å². The first-order valence-electron chi connectivity index (χ1n) is 5.44. The van der Waals surface area contributed by atoms with E-state index in [1.54, 1.807) is 13.8 Å². The van der Waals surface area contributed by atoms with E-state index in [1.807, 2.05) is 30.3 Å². The number of carbonyl (C=O) groups excluding carboxylic acids is 1. The highest BCUT2D eigenvalue weighted by molar-refractivity contribution is 5.71. The van der Waals surface area contributed by atoms with Crippen molar-refractivity contribution in [1.82, 2.24) is 4.98 Å². The van der Waals surface area contributed by atoms with E-state index in [0.717, 1.165) is 5.56 Å². The predicted molar refractivity (Wildman–Crippen MR) is 62.6 cm³/mol. The number of hydrogen-bond acceptors (Lipinski definition) is 4. The number of rotatable bonds is 3. The van der Waals surface area contributed by atoms with Crippen molar-refractivity contribution in [2.75, 3.05) is 0 Å². The lowest BCUT2D eigenvalue weighted by molar-refractivity contribution is -0.134. The lowest BCUT2D eigenvalue weighted by atomic mass is 10.2. The van der Waals surface area contributed by atoms with Crippen LogP contribution in [0.2, 0.25) is 0 Å². The average Bonchev–Trinajstić information content (AvgIpc) is 2.72. The molecule has 0 atom stereocenters. The van der Waals surface area contributed by atoms with E-state index in [0.29, 0.717) is 18.1 Å². The van der Waals surface area contributed by atoms with Gasteiger partial charge in [-0.1, -0.05) is 25.1 Å². The van der Waals surface area contributed by atoms with E-state index in [-0.39, 0.29) is 11.8 Å². The second-order valence-electron chi connectivity index (χ2n) is 3.57. The van der Waals surface area contributed by atoms with Crippen LogP contribution in [-0.2, 0) is 4.79 Å². The summed E-state index contributed by atoms with van der Waals surface area (Å²) in [7, 11) is 0. The van der Waals surface area contributed by atoms with Crippen molar-refractivity contribution in [3.8, 4) is 17.3 Å². The molecule has 0 N–H and O–H groups in total. The van der Waals surface area contributed by atoms with Crippen molar-refractivity contribution in [2.24, 2.45) is 0 Å². The lowest BCUT2D eigenvalue weighted by Gasteiger charge is -1.96. The van der Waals surface area contributed by atoms with Crippen molar-refractivity contribution in [1.29, 1.82) is 0 Å². The summed E-state index contributed by atoms with van der Waals surface area (Å²) >= 11 is 0. The van der Waals surface area contributed by atoms with Gasteiger partial charge < -0.3 is 9.15 Å². The molecule has 17 heavy (non-hydrogen) atoms. The second kappa shape index (κ2) is 4.82. The normalized spacial score (nSPS) is 10.2. The van der Waals surface area contributed by atoms with E-state index in [4.69, 9.17) is 9.15 Å². The zero-order chi connectivity index (χ0) is 12.3. The molecule has 0 aliphatic rings. The van der Waals surface area contributed by atoms with E-state index in [2.05, 4.69) is 4.98 Å². The number of benzene rings is 1. The lowest BCUT2D eigenvalue weighted by Crippen LogP contribution is -2.06. The van der Waals surface area contributed by atoms with Crippen LogP contribution in [0.5, 0.6) is 5.88 Å². The van der Waals surface area contributed by atoms with Crippen LogP contribution >= 0.6 is 0 Å². The molecule has 0 radical (unpaired) electrons. The summed E-state index contributed by atoms with van der Waals surface area (Å²) in [6, 6.07) is 9.48. The molecule has 2 aromatic rings. The molecule has 0 fully saturated rings. The SMILES string of the molecule is CCC(=O)Oc1nc(-c2ccccc2)oc1C. The summed E-state index contributed by atoms with van der Waals surface area (Å²) < 4.78 is 10.5. The minimum atomic E-state index is -0.319. The molecule has 2 rings (SSSR count). The number of esters is 1. The van der Waals surface area contributed by atoms with Gasteiger partial charge in [-0.25, -0.2) is 0 Å². The molecule has 0 saturated carbocycles. The zero-order valence-electron chi connectivity index (χ0n) is 9.77. The fourth-order valence-corrected chi connectivity index (χ4v) is 1.36. The standard InChI is InChI=1S/C13H13NO3/c1-3-11(15)17-12-9(2)16-13(14-12)10-7-5-4-6-8-10/h4-8H,3H2,1-2H3. The van der Waals surface area contributed by atoms with Gasteiger partial charge in [0.2, 0.25) is 5.89 Å². The van der Waals surface area contributed by atoms with Crippen molar-refractivity contribution in [3.63, 3.8) is 0 Å². The van der Waals surface area contributed by atoms with Gasteiger partial charge in [0.1, 0.15) is 0 Å². The van der Waals surface area contributed by atoms with Gasteiger partial charge in [0, 0.05) is 12.0 Å². The Balaban J connectivity index is 2.28. The van der Waals surface area contributed by atoms with Crippen LogP contribution in [0.1, 0.15) is 19.1 Å². The maximum absolute atomic E-state index is 11.2. The number of carbonyl (C=O) groups is 1. The van der Waals surface area contributed by atoms with E-state index in [9.17, 15) is 4.79 Å². The Bertz CT molecular complexity index is 517. The molecule has 0 amide bonds. The molecule has 1 heterocycles. The quantitative estimate of drug-likeness (QED) is 0.762. The number of ether oxygens (including phenoxy) is 1. The third kappa shape index (κ3) is 2.53. The Labute approximate surface area is 99.2 Å². The summed E-state index contributed by atoms with van der Waals surface area (Å²) in [5, 5.41) is 0. The molecule has 0 aliphatic heterocycles. The topological polar surface area (TPSA) is 52.3 Å². The highest BCUT2D eigenvalue weighted by atomic mass is 16.6. The second-order valence-corrected chi connectivity index (χ2v) is 3.57. The molecule has 0 aliphatic carbocycles. The zero-order valence-corrected chi connectivity index (χ0v) is 9.77. The number of hydrogen-bond donors (Lipinski definition) is 0. The van der Waals surface area contributed by atoms with Crippen molar-refractivity contribution in [2.45, 2.75) is 20.3 Å². The molecule has 0 spiro atoms. The maximum Gasteiger partial charge on any atom is 0.312 e. The minimum Gasteiger partial charge on any atom is -0.437 e. The van der Waals surface area contributed by atoms with Gasteiger partial charge in [-0.15, -0.1) is 0 Å². The van der Waals surface area contributed by atoms with Crippen molar-refractivity contribution in [3.05, 3.63) is 36.1 Å². The Morgan fingerprint density at radius 2 is 2.06 bits per heavy atom. The summed E-state index contributed by atoms with van der Waals surface area (Å²) in [4.78, 5) is 15.3. The fourth-order valence-electron chi connectivity index (χ4n) is 1.36. The van der Waals surface area contributed by atoms with E-state index < -0.39 is 0 Å². The monoisotopic (exact) mass is 231 g/mol. The van der Waals surface area contributed by atoms with E-state index >= 15 is 0 Å². The third-order valence-electron chi connectivity index (χ3n) is 2.27. The van der Waals surface area contributed by atoms with Crippen LogP contribution in [0.25, 0.3) is 11.5 Å². The molecule has 0 bridgehead atoms. The Hall–Kier alpha value is -2.10. The van der Waals surface area contributed by atoms with Gasteiger partial charge in [-0.3, -0.25) is 4.79 Å². The van der Waals surface area contributed by atoms with Gasteiger partial charge >= 0.3 is 5.97 Å². The number of nitrogens with zero attached hydrogens (tertiary/aromatic N) is 1. The maximum atomic E-state index is 11.2. The Morgan fingerprint density at radius 3 is 2.71 bits per heavy atom. The van der Waals surface area contributed by atoms with E-state index in [1.165, 1.54) is 0 Å². The number of aryl methyl sites for hydroxylation is 1. The molecule has 1 aromatic heterocycles. The van der Waals surface area contributed by atoms with Gasteiger partial charge in [0.05, 0.1) is 0 Å². The summed E-state index contributed by atoms with van der Waals surface area (Å²) in [5.74, 6) is 0.893. The van der Waals surface area contributed by atoms with Crippen molar-refractivity contribution >= 4 is 5.97 Å². The summed E-state index contributed by atoms with van der Waals surface area (Å²) in [6.07, 6.45) is 0.312. The highest BCUT2D eigenvalue weighted by Crippen LogP contribution is 2.25. The first-order valence-corrected chi connectivity index (χ1v) is 5.44. The van der Waals surface area contributed by atoms with Gasteiger partial charge in [0.25, 0.3) is 5.88 Å². The third-order valence-corrected chi connectivity index (χ3v) is 2.27. The van der Waals surface area contributed by atoms with Crippen LogP contribution < -0.4 is 4.74 Å². The Kier molecular flexibility index (Phi) is 3.23. The first-order chi connectivity index (χ1) is 8.20. The molecular formula is C13H13NO3. The molecule has 1 aromatic carbocycles. The largest absolute Gasteiger partial charge is 0.437 e. The smallest absolute Gasteiger partial charge is 0.312 e. The average molecular weight is 231 g/mol. The summed E-state index contributed by atoms with van der Waals surface area (Å²) in [5.41, 5.74) is 0.856. The first kappa shape index (κ1) is 11.4. The van der Waals surface area contributed by atoms with Crippen LogP contribution in [0.15, 0.2) is 34.7 Å². The van der Waals surface area contributed by atoms with Gasteiger partial charge in [-0.2, -0.15) is 4.98 Å². The van der Waals surface area contributed by atoms with Crippen LogP contribution in [0.3, 0.4) is 0 Å². The number of aromatic nitrogens is 1. The fraction of sp³-hybridized carbons (Fsp3) is 0.231. The minimum absolute atomic E-state index is 0.246. The Morgan fingerprint density at radius 1 is 1.35 bits per heavy atom. The van der Waals surface area contributed by atoms with Gasteiger partial charge in [0.15, 0.2) is 5.76 Å². The molecule has 0 saturated heterocycles. The molecule has 0 unspecified atom stereocenters. The molecule has 4 heteroatoms. The number of oxazole rings is 1. The predicted octanol–water partition coefficient (Wildman–Crippen LogP) is 2.97. The molecule has 4 nitrogen and oxygen atoms in total. The highest BCUT2D eigenvalue weighted by Gasteiger charge is 2.14. The molecule has 88 valence electrons.